The van der Waals surface area contributed by atoms with E-state index in [1.54, 1.807) is 24.3 Å². The molecule has 0 saturated carbocycles. The van der Waals surface area contributed by atoms with Gasteiger partial charge in [0.15, 0.2) is 0 Å². The molecule has 6 heteroatoms. The van der Waals surface area contributed by atoms with Crippen LogP contribution in [0.2, 0.25) is 5.02 Å². The van der Waals surface area contributed by atoms with Crippen molar-refractivity contribution in [3.63, 3.8) is 0 Å². The molecule has 2 N–H and O–H groups in total. The summed E-state index contributed by atoms with van der Waals surface area (Å²) in [6.45, 7) is 0.578. The maximum atomic E-state index is 11.8. The van der Waals surface area contributed by atoms with Crippen LogP contribution in [0, 0.1) is 0 Å². The van der Waals surface area contributed by atoms with E-state index >= 15 is 0 Å². The Bertz CT molecular complexity index is 815. The number of fused-ring (bicyclic) bond motifs is 1. The second-order valence-electron chi connectivity index (χ2n) is 5.16. The number of imidazole rings is 1. The van der Waals surface area contributed by atoms with Crippen molar-refractivity contribution in [1.29, 1.82) is 0 Å². The number of aryl methyl sites for hydroxylation is 1. The molecule has 0 atom stereocenters. The molecule has 0 spiro atoms. The predicted molar refractivity (Wildman–Crippen MR) is 92.0 cm³/mol. The molecule has 23 heavy (non-hydrogen) atoms. The molecule has 0 unspecified atom stereocenters. The number of hydrogen-bond acceptors (Lipinski definition) is 2. The molecule has 0 fully saturated rings. The Labute approximate surface area is 139 Å². The first-order valence-corrected chi connectivity index (χ1v) is 7.81. The minimum absolute atomic E-state index is 0.236. The minimum atomic E-state index is -0.236. The lowest BCUT2D eigenvalue weighted by Crippen LogP contribution is -2.29. The van der Waals surface area contributed by atoms with Gasteiger partial charge in [0.2, 0.25) is 0 Å². The summed E-state index contributed by atoms with van der Waals surface area (Å²) in [6.07, 6.45) is 5.47. The molecule has 3 rings (SSSR count). The van der Waals surface area contributed by atoms with Crippen LogP contribution in [-0.2, 0) is 6.42 Å². The first-order valence-electron chi connectivity index (χ1n) is 7.44. The Morgan fingerprint density at radius 3 is 3.00 bits per heavy atom. The van der Waals surface area contributed by atoms with Crippen LogP contribution in [0.3, 0.4) is 0 Å². The number of hydrogen-bond donors (Lipinski definition) is 2. The van der Waals surface area contributed by atoms with E-state index in [0.717, 1.165) is 24.2 Å². The highest BCUT2D eigenvalue weighted by Crippen LogP contribution is 2.14. The van der Waals surface area contributed by atoms with E-state index in [-0.39, 0.29) is 6.03 Å². The van der Waals surface area contributed by atoms with Crippen LogP contribution >= 0.6 is 11.6 Å². The molecule has 2 amide bonds. The molecule has 1 aromatic carbocycles. The molecule has 0 aliphatic rings. The molecule has 0 aliphatic carbocycles. The van der Waals surface area contributed by atoms with Gasteiger partial charge in [-0.1, -0.05) is 23.7 Å². The highest BCUT2D eigenvalue weighted by molar-refractivity contribution is 6.30. The highest BCUT2D eigenvalue weighted by atomic mass is 35.5. The zero-order valence-electron chi connectivity index (χ0n) is 12.5. The molecule has 0 aliphatic heterocycles. The van der Waals surface area contributed by atoms with Crippen molar-refractivity contribution < 1.29 is 4.79 Å². The minimum Gasteiger partial charge on any atom is -0.338 e. The number of rotatable bonds is 5. The van der Waals surface area contributed by atoms with Crippen molar-refractivity contribution in [3.05, 3.63) is 65.7 Å². The second-order valence-corrected chi connectivity index (χ2v) is 5.60. The van der Waals surface area contributed by atoms with E-state index in [0.29, 0.717) is 17.3 Å². The lowest BCUT2D eigenvalue weighted by Gasteiger charge is -2.07. The Morgan fingerprint density at radius 1 is 1.22 bits per heavy atom. The molecule has 5 nitrogen and oxygen atoms in total. The molecule has 2 aromatic heterocycles. The number of carbonyl (C=O) groups is 1. The first-order chi connectivity index (χ1) is 11.2. The van der Waals surface area contributed by atoms with Gasteiger partial charge in [0.25, 0.3) is 0 Å². The average Bonchev–Trinajstić information content (AvgIpc) is 2.95. The standard InChI is InChI=1S/C17H17ClN4O/c18-13-5-3-6-14(11-13)21-17(23)19-9-4-8-16-20-12-15-7-1-2-10-22(15)16/h1-3,5-7,10-12H,4,8-9H2,(H2,19,21,23). The summed E-state index contributed by atoms with van der Waals surface area (Å²) < 4.78 is 2.06. The topological polar surface area (TPSA) is 58.4 Å². The fourth-order valence-corrected chi connectivity index (χ4v) is 2.56. The van der Waals surface area contributed by atoms with Crippen LogP contribution in [0.5, 0.6) is 0 Å². The quantitative estimate of drug-likeness (QED) is 0.701. The van der Waals surface area contributed by atoms with Crippen molar-refractivity contribution in [1.82, 2.24) is 14.7 Å². The number of amides is 2. The number of halogens is 1. The number of urea groups is 1. The summed E-state index contributed by atoms with van der Waals surface area (Å²) in [5, 5.41) is 6.17. The van der Waals surface area contributed by atoms with Crippen LogP contribution in [0.4, 0.5) is 10.5 Å². The molecule has 0 bridgehead atoms. The zero-order chi connectivity index (χ0) is 16.1. The lowest BCUT2D eigenvalue weighted by molar-refractivity contribution is 0.252. The highest BCUT2D eigenvalue weighted by Gasteiger charge is 2.04. The lowest BCUT2D eigenvalue weighted by atomic mass is 10.3. The smallest absolute Gasteiger partial charge is 0.319 e. The molecule has 0 radical (unpaired) electrons. The van der Waals surface area contributed by atoms with E-state index in [9.17, 15) is 4.79 Å². The van der Waals surface area contributed by atoms with Gasteiger partial charge in [-0.15, -0.1) is 0 Å². The molecular formula is C17H17ClN4O. The van der Waals surface area contributed by atoms with E-state index in [1.165, 1.54) is 0 Å². The molecule has 3 aromatic rings. The normalized spacial score (nSPS) is 10.7. The van der Waals surface area contributed by atoms with Gasteiger partial charge in [-0.25, -0.2) is 9.78 Å². The van der Waals surface area contributed by atoms with Gasteiger partial charge < -0.3 is 15.0 Å². The number of pyridine rings is 1. The Kier molecular flexibility index (Phi) is 4.78. The number of carbonyl (C=O) groups excluding carboxylic acids is 1. The molecular weight excluding hydrogens is 312 g/mol. The SMILES string of the molecule is O=C(NCCCc1ncc2ccccn12)Nc1cccc(Cl)c1. The number of benzene rings is 1. The second kappa shape index (κ2) is 7.15. The van der Waals surface area contributed by atoms with Crippen LogP contribution in [0.25, 0.3) is 5.52 Å². The van der Waals surface area contributed by atoms with Crippen LogP contribution in [-0.4, -0.2) is 22.0 Å². The number of nitrogens with zero attached hydrogens (tertiary/aromatic N) is 2. The summed E-state index contributed by atoms with van der Waals surface area (Å²) in [6, 6.07) is 12.8. The summed E-state index contributed by atoms with van der Waals surface area (Å²) in [7, 11) is 0. The largest absolute Gasteiger partial charge is 0.338 e. The summed E-state index contributed by atoms with van der Waals surface area (Å²) in [5.74, 6) is 0.998. The third-order valence-electron chi connectivity index (χ3n) is 3.46. The number of aromatic nitrogens is 2. The van der Waals surface area contributed by atoms with Crippen LogP contribution in [0.15, 0.2) is 54.9 Å². The fraction of sp³-hybridized carbons (Fsp3) is 0.176. The zero-order valence-corrected chi connectivity index (χ0v) is 13.3. The van der Waals surface area contributed by atoms with Gasteiger partial charge >= 0.3 is 6.03 Å². The summed E-state index contributed by atoms with van der Waals surface area (Å²) >= 11 is 5.88. The third kappa shape index (κ3) is 4.02. The molecule has 118 valence electrons. The van der Waals surface area contributed by atoms with Gasteiger partial charge in [0.1, 0.15) is 5.82 Å². The predicted octanol–water partition coefficient (Wildman–Crippen LogP) is 3.74. The van der Waals surface area contributed by atoms with E-state index in [2.05, 4.69) is 20.0 Å². The van der Waals surface area contributed by atoms with Crippen LogP contribution < -0.4 is 10.6 Å². The maximum absolute atomic E-state index is 11.8. The van der Waals surface area contributed by atoms with Gasteiger partial charge in [0, 0.05) is 29.9 Å². The van der Waals surface area contributed by atoms with E-state index in [4.69, 9.17) is 11.6 Å². The maximum Gasteiger partial charge on any atom is 0.319 e. The molecule has 0 saturated heterocycles. The Balaban J connectivity index is 1.45. The monoisotopic (exact) mass is 328 g/mol. The Morgan fingerprint density at radius 2 is 2.13 bits per heavy atom. The Hall–Kier alpha value is -2.53. The van der Waals surface area contributed by atoms with Crippen molar-refractivity contribution in [3.8, 4) is 0 Å². The number of nitrogens with one attached hydrogen (secondary N) is 2. The van der Waals surface area contributed by atoms with E-state index in [1.807, 2.05) is 30.6 Å². The molecule has 2 heterocycles. The van der Waals surface area contributed by atoms with Gasteiger partial charge in [-0.2, -0.15) is 0 Å². The first kappa shape index (κ1) is 15.4. The van der Waals surface area contributed by atoms with Gasteiger partial charge in [-0.3, -0.25) is 0 Å². The van der Waals surface area contributed by atoms with E-state index < -0.39 is 0 Å². The van der Waals surface area contributed by atoms with Crippen molar-refractivity contribution in [2.24, 2.45) is 0 Å². The third-order valence-corrected chi connectivity index (χ3v) is 3.70. The van der Waals surface area contributed by atoms with Gasteiger partial charge in [0.05, 0.1) is 11.7 Å². The van der Waals surface area contributed by atoms with Crippen LogP contribution in [0.1, 0.15) is 12.2 Å². The van der Waals surface area contributed by atoms with Crippen molar-refractivity contribution in [2.45, 2.75) is 12.8 Å². The average molecular weight is 329 g/mol. The number of anilines is 1. The summed E-state index contributed by atoms with van der Waals surface area (Å²) in [4.78, 5) is 16.2. The van der Waals surface area contributed by atoms with Crippen molar-refractivity contribution >= 4 is 28.8 Å². The fourth-order valence-electron chi connectivity index (χ4n) is 2.37. The van der Waals surface area contributed by atoms with Crippen molar-refractivity contribution in [2.75, 3.05) is 11.9 Å². The van der Waals surface area contributed by atoms with Gasteiger partial charge in [-0.05, 0) is 36.8 Å². The summed E-state index contributed by atoms with van der Waals surface area (Å²) in [5.41, 5.74) is 1.75.